The van der Waals surface area contributed by atoms with Crippen LogP contribution in [0.1, 0.15) is 45.6 Å². The Morgan fingerprint density at radius 3 is 2.50 bits per heavy atom. The van der Waals surface area contributed by atoms with E-state index in [9.17, 15) is 4.79 Å². The highest BCUT2D eigenvalue weighted by atomic mass is 79.9. The predicted octanol–water partition coefficient (Wildman–Crippen LogP) is 5.77. The third kappa shape index (κ3) is 5.77. The Labute approximate surface area is 164 Å². The zero-order chi connectivity index (χ0) is 19.1. The van der Waals surface area contributed by atoms with Gasteiger partial charge in [0.05, 0.1) is 16.3 Å². The summed E-state index contributed by atoms with van der Waals surface area (Å²) >= 11 is 3.52. The Balaban J connectivity index is 1.97. The molecule has 4 nitrogen and oxygen atoms in total. The van der Waals surface area contributed by atoms with Gasteiger partial charge in [-0.1, -0.05) is 32.0 Å². The van der Waals surface area contributed by atoms with Crippen molar-refractivity contribution in [3.05, 3.63) is 52.5 Å². The smallest absolute Gasteiger partial charge is 0.262 e. The molecule has 0 saturated heterocycles. The number of hydrogen-bond acceptors (Lipinski definition) is 3. The number of carbonyl (C=O) groups excluding carboxylic acids is 1. The number of rotatable bonds is 8. The topological polar surface area (TPSA) is 47.6 Å². The molecule has 26 heavy (non-hydrogen) atoms. The average molecular weight is 420 g/mol. The maximum atomic E-state index is 12.2. The second kappa shape index (κ2) is 9.62. The first-order valence-electron chi connectivity index (χ1n) is 8.88. The number of amides is 1. The molecule has 0 aliphatic heterocycles. The zero-order valence-electron chi connectivity index (χ0n) is 15.7. The lowest BCUT2D eigenvalue weighted by Crippen LogP contribution is -2.21. The van der Waals surface area contributed by atoms with Crippen LogP contribution in [0, 0.1) is 0 Å². The van der Waals surface area contributed by atoms with Crippen LogP contribution in [0.4, 0.5) is 5.69 Å². The maximum absolute atomic E-state index is 12.2. The molecule has 1 atom stereocenters. The van der Waals surface area contributed by atoms with Gasteiger partial charge in [0.25, 0.3) is 5.91 Å². The quantitative estimate of drug-likeness (QED) is 0.590. The average Bonchev–Trinajstić information content (AvgIpc) is 2.61. The van der Waals surface area contributed by atoms with Crippen molar-refractivity contribution < 1.29 is 14.3 Å². The number of nitrogens with one attached hydrogen (secondary N) is 1. The normalized spacial score (nSPS) is 11.9. The van der Waals surface area contributed by atoms with Gasteiger partial charge in [0.15, 0.2) is 6.61 Å². The summed E-state index contributed by atoms with van der Waals surface area (Å²) in [5.74, 6) is 1.55. The van der Waals surface area contributed by atoms with Crippen LogP contribution in [0.15, 0.2) is 46.9 Å². The van der Waals surface area contributed by atoms with Crippen molar-refractivity contribution in [1.82, 2.24) is 0 Å². The maximum Gasteiger partial charge on any atom is 0.262 e. The van der Waals surface area contributed by atoms with Gasteiger partial charge in [0.2, 0.25) is 0 Å². The van der Waals surface area contributed by atoms with Crippen molar-refractivity contribution in [2.75, 3.05) is 11.9 Å². The molecule has 5 heteroatoms. The van der Waals surface area contributed by atoms with Gasteiger partial charge >= 0.3 is 0 Å². The second-order valence-electron chi connectivity index (χ2n) is 6.50. The highest BCUT2D eigenvalue weighted by Crippen LogP contribution is 2.30. The lowest BCUT2D eigenvalue weighted by molar-refractivity contribution is -0.118. The molecule has 1 unspecified atom stereocenters. The van der Waals surface area contributed by atoms with Crippen LogP contribution >= 0.6 is 15.9 Å². The van der Waals surface area contributed by atoms with Gasteiger partial charge in [-0.05, 0) is 71.9 Å². The number of halogens is 1. The summed E-state index contributed by atoms with van der Waals surface area (Å²) in [6, 6.07) is 13.4. The highest BCUT2D eigenvalue weighted by Gasteiger charge is 2.11. The van der Waals surface area contributed by atoms with Crippen molar-refractivity contribution in [1.29, 1.82) is 0 Å². The minimum absolute atomic E-state index is 0.0317. The standard InChI is InChI=1S/C21H26BrNO3/c1-5-15(4)16-10-11-19(17(22)12-16)25-13-21(24)23-18-8-6-7-9-20(18)26-14(2)3/h6-12,14-15H,5,13H2,1-4H3,(H,23,24). The fourth-order valence-corrected chi connectivity index (χ4v) is 2.94. The molecular weight excluding hydrogens is 394 g/mol. The summed E-state index contributed by atoms with van der Waals surface area (Å²) in [6.07, 6.45) is 1.11. The summed E-state index contributed by atoms with van der Waals surface area (Å²) in [6.45, 7) is 8.17. The minimum atomic E-state index is -0.234. The Morgan fingerprint density at radius 2 is 1.85 bits per heavy atom. The molecule has 0 bridgehead atoms. The lowest BCUT2D eigenvalue weighted by atomic mass is 9.99. The molecule has 0 radical (unpaired) electrons. The molecule has 1 amide bonds. The summed E-state index contributed by atoms with van der Waals surface area (Å²) in [5, 5.41) is 2.84. The molecule has 0 aliphatic rings. The van der Waals surface area contributed by atoms with Gasteiger partial charge in [0.1, 0.15) is 11.5 Å². The molecule has 2 rings (SSSR count). The van der Waals surface area contributed by atoms with E-state index in [1.807, 2.05) is 56.3 Å². The predicted molar refractivity (Wildman–Crippen MR) is 109 cm³/mol. The molecule has 0 spiro atoms. The van der Waals surface area contributed by atoms with Gasteiger partial charge in [0, 0.05) is 0 Å². The van der Waals surface area contributed by atoms with E-state index in [0.717, 1.165) is 10.9 Å². The first-order valence-corrected chi connectivity index (χ1v) is 9.67. The van der Waals surface area contributed by atoms with Crippen molar-refractivity contribution >= 4 is 27.5 Å². The fourth-order valence-electron chi connectivity index (χ4n) is 2.43. The van der Waals surface area contributed by atoms with Crippen molar-refractivity contribution in [2.24, 2.45) is 0 Å². The molecule has 0 aliphatic carbocycles. The molecule has 1 N–H and O–H groups in total. The third-order valence-corrected chi connectivity index (χ3v) is 4.64. The van der Waals surface area contributed by atoms with E-state index in [4.69, 9.17) is 9.47 Å². The van der Waals surface area contributed by atoms with Gasteiger partial charge < -0.3 is 14.8 Å². The number of anilines is 1. The van der Waals surface area contributed by atoms with E-state index in [1.54, 1.807) is 0 Å². The van der Waals surface area contributed by atoms with Crippen molar-refractivity contribution in [2.45, 2.75) is 46.1 Å². The van der Waals surface area contributed by atoms with E-state index >= 15 is 0 Å². The Bertz CT molecular complexity index is 746. The van der Waals surface area contributed by atoms with Crippen LogP contribution < -0.4 is 14.8 Å². The lowest BCUT2D eigenvalue weighted by Gasteiger charge is -2.15. The summed E-state index contributed by atoms with van der Waals surface area (Å²) in [7, 11) is 0. The van der Waals surface area contributed by atoms with Crippen LogP contribution in [-0.4, -0.2) is 18.6 Å². The molecule has 0 fully saturated rings. The van der Waals surface area contributed by atoms with Crippen LogP contribution in [0.5, 0.6) is 11.5 Å². The largest absolute Gasteiger partial charge is 0.489 e. The van der Waals surface area contributed by atoms with E-state index in [2.05, 4.69) is 35.1 Å². The number of ether oxygens (including phenoxy) is 2. The first-order chi connectivity index (χ1) is 12.4. The van der Waals surface area contributed by atoms with Crippen LogP contribution in [0.2, 0.25) is 0 Å². The van der Waals surface area contributed by atoms with Gasteiger partial charge in [-0.2, -0.15) is 0 Å². The summed E-state index contributed by atoms with van der Waals surface area (Å²) in [5.41, 5.74) is 1.89. The fraction of sp³-hybridized carbons (Fsp3) is 0.381. The molecule has 2 aromatic rings. The highest BCUT2D eigenvalue weighted by molar-refractivity contribution is 9.10. The molecule has 0 saturated carbocycles. The molecular formula is C21H26BrNO3. The van der Waals surface area contributed by atoms with Gasteiger partial charge in [-0.15, -0.1) is 0 Å². The monoisotopic (exact) mass is 419 g/mol. The zero-order valence-corrected chi connectivity index (χ0v) is 17.3. The van der Waals surface area contributed by atoms with Crippen LogP contribution in [0.25, 0.3) is 0 Å². The summed E-state index contributed by atoms with van der Waals surface area (Å²) < 4.78 is 12.2. The number of benzene rings is 2. The minimum Gasteiger partial charge on any atom is -0.489 e. The molecule has 140 valence electrons. The number of para-hydroxylation sites is 2. The number of carbonyl (C=O) groups is 1. The molecule has 0 aromatic heterocycles. The second-order valence-corrected chi connectivity index (χ2v) is 7.35. The van der Waals surface area contributed by atoms with Gasteiger partial charge in [-0.25, -0.2) is 0 Å². The van der Waals surface area contributed by atoms with E-state index in [1.165, 1.54) is 5.56 Å². The summed E-state index contributed by atoms with van der Waals surface area (Å²) in [4.78, 5) is 12.2. The van der Waals surface area contributed by atoms with Gasteiger partial charge in [-0.3, -0.25) is 4.79 Å². The van der Waals surface area contributed by atoms with Crippen LogP contribution in [0.3, 0.4) is 0 Å². The number of hydrogen-bond donors (Lipinski definition) is 1. The SMILES string of the molecule is CCC(C)c1ccc(OCC(=O)Nc2ccccc2OC(C)C)c(Br)c1. The van der Waals surface area contributed by atoms with E-state index < -0.39 is 0 Å². The first kappa shape index (κ1) is 20.3. The van der Waals surface area contributed by atoms with E-state index in [0.29, 0.717) is 23.1 Å². The third-order valence-electron chi connectivity index (χ3n) is 4.02. The van der Waals surface area contributed by atoms with Crippen molar-refractivity contribution in [3.63, 3.8) is 0 Å². The van der Waals surface area contributed by atoms with Crippen molar-refractivity contribution in [3.8, 4) is 11.5 Å². The Kier molecular flexibility index (Phi) is 7.51. The molecule has 0 heterocycles. The molecule has 2 aromatic carbocycles. The Hall–Kier alpha value is -2.01. The Morgan fingerprint density at radius 1 is 1.12 bits per heavy atom. The van der Waals surface area contributed by atoms with Crippen LogP contribution in [-0.2, 0) is 4.79 Å². The van der Waals surface area contributed by atoms with E-state index in [-0.39, 0.29) is 18.6 Å².